The van der Waals surface area contributed by atoms with Gasteiger partial charge in [0.1, 0.15) is 5.69 Å². The molecule has 1 saturated heterocycles. The van der Waals surface area contributed by atoms with Gasteiger partial charge in [-0.3, -0.25) is 9.69 Å². The Labute approximate surface area is 122 Å². The summed E-state index contributed by atoms with van der Waals surface area (Å²) < 4.78 is 5.06. The highest BCUT2D eigenvalue weighted by atomic mass is 16.3. The predicted molar refractivity (Wildman–Crippen MR) is 74.5 cm³/mol. The average Bonchev–Trinajstić information content (AvgIpc) is 3.12. The molecule has 7 heteroatoms. The zero-order valence-corrected chi connectivity index (χ0v) is 11.6. The van der Waals surface area contributed by atoms with E-state index in [1.807, 2.05) is 6.07 Å². The second-order valence-corrected chi connectivity index (χ2v) is 5.24. The maximum atomic E-state index is 12.3. The summed E-state index contributed by atoms with van der Waals surface area (Å²) in [5, 5.41) is 10.1. The van der Waals surface area contributed by atoms with E-state index in [1.165, 1.54) is 12.5 Å². The van der Waals surface area contributed by atoms with Crippen LogP contribution >= 0.6 is 0 Å². The van der Waals surface area contributed by atoms with Gasteiger partial charge in [0.15, 0.2) is 0 Å². The van der Waals surface area contributed by atoms with Crippen LogP contribution in [0.4, 0.5) is 0 Å². The first-order chi connectivity index (χ1) is 10.2. The quantitative estimate of drug-likeness (QED) is 0.850. The van der Waals surface area contributed by atoms with Crippen molar-refractivity contribution in [2.45, 2.75) is 12.6 Å². The molecule has 0 radical (unpaired) electrons. The second kappa shape index (κ2) is 6.11. The Morgan fingerprint density at radius 2 is 2.38 bits per heavy atom. The minimum absolute atomic E-state index is 0.128. The molecule has 7 nitrogen and oxygen atoms in total. The van der Waals surface area contributed by atoms with Crippen molar-refractivity contribution in [3.05, 3.63) is 42.4 Å². The molecule has 112 valence electrons. The molecule has 0 saturated carbocycles. The van der Waals surface area contributed by atoms with E-state index < -0.39 is 6.10 Å². The van der Waals surface area contributed by atoms with Gasteiger partial charge < -0.3 is 19.4 Å². The normalized spacial score (nSPS) is 20.4. The molecule has 1 aliphatic rings. The fourth-order valence-corrected chi connectivity index (χ4v) is 2.57. The van der Waals surface area contributed by atoms with Crippen LogP contribution in [0.5, 0.6) is 0 Å². The molecule has 1 fully saturated rings. The highest BCUT2D eigenvalue weighted by Crippen LogP contribution is 2.11. The second-order valence-electron chi connectivity index (χ2n) is 5.24. The third kappa shape index (κ3) is 3.32. The molecule has 2 aromatic heterocycles. The first-order valence-electron chi connectivity index (χ1n) is 6.91. The molecule has 3 heterocycles. The van der Waals surface area contributed by atoms with E-state index in [0.29, 0.717) is 38.4 Å². The number of carbonyl (C=O) groups is 1. The molecule has 2 N–H and O–H groups in total. The average molecular weight is 290 g/mol. The van der Waals surface area contributed by atoms with Crippen LogP contribution in [0, 0.1) is 0 Å². The number of carbonyl (C=O) groups excluding carboxylic acids is 1. The van der Waals surface area contributed by atoms with Crippen LogP contribution in [0.2, 0.25) is 0 Å². The van der Waals surface area contributed by atoms with Crippen LogP contribution in [0.15, 0.2) is 35.5 Å². The van der Waals surface area contributed by atoms with E-state index in [1.54, 1.807) is 17.4 Å². The van der Waals surface area contributed by atoms with Gasteiger partial charge in [-0.2, -0.15) is 0 Å². The number of aliphatic hydroxyl groups is 1. The lowest BCUT2D eigenvalue weighted by molar-refractivity contribution is 0.0658. The van der Waals surface area contributed by atoms with Crippen LogP contribution in [-0.2, 0) is 6.54 Å². The van der Waals surface area contributed by atoms with E-state index in [0.717, 1.165) is 5.56 Å². The number of rotatable bonds is 3. The maximum absolute atomic E-state index is 12.3. The van der Waals surface area contributed by atoms with Gasteiger partial charge in [-0.15, -0.1) is 0 Å². The molecule has 0 aliphatic carbocycles. The molecule has 1 aliphatic heterocycles. The molecule has 0 spiro atoms. The molecule has 3 rings (SSSR count). The standard InChI is InChI=1S/C14H18N4O3/c19-12-7-17(6-11-1-4-21-9-11)2-3-18(8-12)14(20)13-5-15-10-16-13/h1,4-5,9-10,12,19H,2-3,6-8H2,(H,15,16). The number of β-amino-alcohol motifs (C(OH)–C–C–N with tert-alkyl or cyclic N) is 1. The molecule has 1 amide bonds. The Hall–Kier alpha value is -2.12. The number of aliphatic hydroxyl groups excluding tert-OH is 1. The number of hydrogen-bond acceptors (Lipinski definition) is 5. The number of H-pyrrole nitrogens is 1. The molecule has 1 unspecified atom stereocenters. The number of aromatic nitrogens is 2. The third-order valence-electron chi connectivity index (χ3n) is 3.59. The van der Waals surface area contributed by atoms with Crippen LogP contribution in [0.1, 0.15) is 16.1 Å². The number of nitrogens with zero attached hydrogens (tertiary/aromatic N) is 3. The van der Waals surface area contributed by atoms with Gasteiger partial charge in [-0.25, -0.2) is 4.98 Å². The Bertz CT molecular complexity index is 567. The fraction of sp³-hybridized carbons (Fsp3) is 0.429. The molecular weight excluding hydrogens is 272 g/mol. The fourth-order valence-electron chi connectivity index (χ4n) is 2.57. The minimum atomic E-state index is -0.564. The lowest BCUT2D eigenvalue weighted by Gasteiger charge is -2.20. The van der Waals surface area contributed by atoms with Crippen molar-refractivity contribution in [2.24, 2.45) is 0 Å². The molecule has 0 aromatic carbocycles. The Balaban J connectivity index is 1.64. The Kier molecular flexibility index (Phi) is 4.03. The van der Waals surface area contributed by atoms with Gasteiger partial charge in [0.25, 0.3) is 5.91 Å². The van der Waals surface area contributed by atoms with Crippen molar-refractivity contribution >= 4 is 5.91 Å². The molecule has 1 atom stereocenters. The Morgan fingerprint density at radius 1 is 1.48 bits per heavy atom. The maximum Gasteiger partial charge on any atom is 0.272 e. The van der Waals surface area contributed by atoms with Crippen molar-refractivity contribution in [1.82, 2.24) is 19.8 Å². The summed E-state index contributed by atoms with van der Waals surface area (Å²) in [5.41, 5.74) is 1.51. The lowest BCUT2D eigenvalue weighted by atomic mass is 10.2. The Morgan fingerprint density at radius 3 is 3.10 bits per heavy atom. The van der Waals surface area contributed by atoms with Gasteiger partial charge in [-0.05, 0) is 6.07 Å². The molecule has 21 heavy (non-hydrogen) atoms. The number of furan rings is 1. The van der Waals surface area contributed by atoms with Gasteiger partial charge in [0.2, 0.25) is 0 Å². The highest BCUT2D eigenvalue weighted by Gasteiger charge is 2.25. The van der Waals surface area contributed by atoms with E-state index in [-0.39, 0.29) is 5.91 Å². The monoisotopic (exact) mass is 290 g/mol. The zero-order chi connectivity index (χ0) is 14.7. The van der Waals surface area contributed by atoms with Gasteiger partial charge in [0.05, 0.1) is 31.2 Å². The highest BCUT2D eigenvalue weighted by molar-refractivity contribution is 5.92. The van der Waals surface area contributed by atoms with E-state index in [4.69, 9.17) is 4.42 Å². The zero-order valence-electron chi connectivity index (χ0n) is 11.6. The summed E-state index contributed by atoms with van der Waals surface area (Å²) in [7, 11) is 0. The van der Waals surface area contributed by atoms with Crippen molar-refractivity contribution in [2.75, 3.05) is 26.2 Å². The van der Waals surface area contributed by atoms with Gasteiger partial charge >= 0.3 is 0 Å². The molecule has 0 bridgehead atoms. The lowest BCUT2D eigenvalue weighted by Crippen LogP contribution is -2.37. The van der Waals surface area contributed by atoms with Crippen LogP contribution < -0.4 is 0 Å². The van der Waals surface area contributed by atoms with Crippen molar-refractivity contribution in [3.63, 3.8) is 0 Å². The van der Waals surface area contributed by atoms with E-state index >= 15 is 0 Å². The smallest absolute Gasteiger partial charge is 0.272 e. The molecular formula is C14H18N4O3. The summed E-state index contributed by atoms with van der Waals surface area (Å²) in [4.78, 5) is 22.7. The van der Waals surface area contributed by atoms with E-state index in [2.05, 4.69) is 14.9 Å². The minimum Gasteiger partial charge on any atom is -0.472 e. The predicted octanol–water partition coefficient (Wildman–Crippen LogP) is 0.322. The third-order valence-corrected chi connectivity index (χ3v) is 3.59. The number of nitrogens with one attached hydrogen (secondary N) is 1. The SMILES string of the molecule is O=C(c1cnc[nH]1)N1CCN(Cc2ccoc2)CC(O)C1. The van der Waals surface area contributed by atoms with Gasteiger partial charge in [0, 0.05) is 38.3 Å². The van der Waals surface area contributed by atoms with Crippen LogP contribution in [0.25, 0.3) is 0 Å². The number of amides is 1. The number of aromatic amines is 1. The van der Waals surface area contributed by atoms with Crippen LogP contribution in [-0.4, -0.2) is 63.1 Å². The summed E-state index contributed by atoms with van der Waals surface area (Å²) in [6.07, 6.45) is 5.75. The topological polar surface area (TPSA) is 85.6 Å². The first-order valence-corrected chi connectivity index (χ1v) is 6.91. The summed E-state index contributed by atoms with van der Waals surface area (Å²) in [5.74, 6) is -0.128. The largest absolute Gasteiger partial charge is 0.472 e. The van der Waals surface area contributed by atoms with Crippen molar-refractivity contribution < 1.29 is 14.3 Å². The van der Waals surface area contributed by atoms with E-state index in [9.17, 15) is 9.90 Å². The number of hydrogen-bond donors (Lipinski definition) is 2. The number of imidazole rings is 1. The van der Waals surface area contributed by atoms with Crippen molar-refractivity contribution in [1.29, 1.82) is 0 Å². The van der Waals surface area contributed by atoms with Crippen LogP contribution in [0.3, 0.4) is 0 Å². The summed E-state index contributed by atoms with van der Waals surface area (Å²) >= 11 is 0. The molecule has 2 aromatic rings. The summed E-state index contributed by atoms with van der Waals surface area (Å²) in [6, 6.07) is 1.91. The van der Waals surface area contributed by atoms with Crippen molar-refractivity contribution in [3.8, 4) is 0 Å². The summed E-state index contributed by atoms with van der Waals surface area (Å²) in [6.45, 7) is 2.87. The first kappa shape index (κ1) is 13.8. The van der Waals surface area contributed by atoms with Gasteiger partial charge in [-0.1, -0.05) is 0 Å².